The molecule has 1 aromatic carbocycles. The quantitative estimate of drug-likeness (QED) is 0.611. The van der Waals surface area contributed by atoms with Crippen molar-refractivity contribution in [2.45, 2.75) is 19.4 Å². The first-order chi connectivity index (χ1) is 7.58. The minimum atomic E-state index is -0.387. The fourth-order valence-corrected chi connectivity index (χ4v) is 1.80. The lowest BCUT2D eigenvalue weighted by atomic mass is 10.1. The largest absolute Gasteiger partial charge is 0.361 e. The third-order valence-corrected chi connectivity index (χ3v) is 2.50. The molecular formula is C11H13N3O2. The third kappa shape index (κ3) is 1.90. The van der Waals surface area contributed by atoms with Gasteiger partial charge in [-0.25, -0.2) is 0 Å². The Bertz CT molecular complexity index is 531. The average molecular weight is 219 g/mol. The highest BCUT2D eigenvalue weighted by Crippen LogP contribution is 2.24. The van der Waals surface area contributed by atoms with Gasteiger partial charge in [-0.1, -0.05) is 0 Å². The summed E-state index contributed by atoms with van der Waals surface area (Å²) < 4.78 is 0. The molecule has 3 N–H and O–H groups in total. The third-order valence-electron chi connectivity index (χ3n) is 2.50. The lowest BCUT2D eigenvalue weighted by Gasteiger charge is -2.02. The van der Waals surface area contributed by atoms with Crippen LogP contribution >= 0.6 is 0 Å². The van der Waals surface area contributed by atoms with Crippen LogP contribution in [0.4, 0.5) is 5.69 Å². The van der Waals surface area contributed by atoms with Crippen LogP contribution < -0.4 is 5.73 Å². The zero-order valence-corrected chi connectivity index (χ0v) is 8.93. The Morgan fingerprint density at radius 2 is 2.31 bits per heavy atom. The molecule has 1 aromatic heterocycles. The molecule has 0 unspecified atom stereocenters. The Morgan fingerprint density at radius 3 is 2.94 bits per heavy atom. The maximum absolute atomic E-state index is 10.7. The Labute approximate surface area is 92.4 Å². The second-order valence-corrected chi connectivity index (χ2v) is 3.98. The van der Waals surface area contributed by atoms with Gasteiger partial charge in [-0.05, 0) is 25.0 Å². The van der Waals surface area contributed by atoms with Gasteiger partial charge in [0, 0.05) is 35.3 Å². The van der Waals surface area contributed by atoms with Gasteiger partial charge in [0.1, 0.15) is 0 Å². The summed E-state index contributed by atoms with van der Waals surface area (Å²) in [5.41, 5.74) is 7.76. The molecule has 0 bridgehead atoms. The van der Waals surface area contributed by atoms with E-state index in [9.17, 15) is 10.1 Å². The Balaban J connectivity index is 2.51. The monoisotopic (exact) mass is 219 g/mol. The van der Waals surface area contributed by atoms with E-state index in [1.165, 1.54) is 6.07 Å². The highest BCUT2D eigenvalue weighted by Gasteiger charge is 2.11. The molecule has 0 aliphatic rings. The summed E-state index contributed by atoms with van der Waals surface area (Å²) >= 11 is 0. The van der Waals surface area contributed by atoms with Crippen LogP contribution in [0.5, 0.6) is 0 Å². The van der Waals surface area contributed by atoms with E-state index in [2.05, 4.69) is 4.98 Å². The molecular weight excluding hydrogens is 206 g/mol. The average Bonchev–Trinajstić information content (AvgIpc) is 2.60. The fraction of sp³-hybridized carbons (Fsp3) is 0.273. The maximum Gasteiger partial charge on any atom is 0.270 e. The molecule has 0 radical (unpaired) electrons. The molecule has 0 aliphatic heterocycles. The Morgan fingerprint density at radius 1 is 1.56 bits per heavy atom. The second kappa shape index (κ2) is 3.94. The number of fused-ring (bicyclic) bond motifs is 1. The van der Waals surface area contributed by atoms with Crippen LogP contribution in [-0.4, -0.2) is 15.9 Å². The van der Waals surface area contributed by atoms with Crippen molar-refractivity contribution in [3.63, 3.8) is 0 Å². The zero-order chi connectivity index (χ0) is 11.7. The number of nitro groups is 1. The van der Waals surface area contributed by atoms with E-state index in [1.54, 1.807) is 12.1 Å². The maximum atomic E-state index is 10.7. The molecule has 0 spiro atoms. The van der Waals surface area contributed by atoms with Crippen molar-refractivity contribution in [2.24, 2.45) is 5.73 Å². The highest BCUT2D eigenvalue weighted by atomic mass is 16.6. The van der Waals surface area contributed by atoms with Gasteiger partial charge in [0.25, 0.3) is 5.69 Å². The van der Waals surface area contributed by atoms with E-state index in [0.717, 1.165) is 16.5 Å². The van der Waals surface area contributed by atoms with Gasteiger partial charge in [-0.2, -0.15) is 0 Å². The van der Waals surface area contributed by atoms with Crippen LogP contribution in [0.2, 0.25) is 0 Å². The van der Waals surface area contributed by atoms with Crippen LogP contribution in [0.25, 0.3) is 10.9 Å². The lowest BCUT2D eigenvalue weighted by Crippen LogP contribution is -2.17. The minimum absolute atomic E-state index is 0.0401. The van der Waals surface area contributed by atoms with Crippen molar-refractivity contribution in [3.8, 4) is 0 Å². The molecule has 1 atom stereocenters. The predicted molar refractivity (Wildman–Crippen MR) is 62.3 cm³/mol. The molecule has 1 heterocycles. The summed E-state index contributed by atoms with van der Waals surface area (Å²) in [6.07, 6.45) is 2.57. The number of benzene rings is 1. The van der Waals surface area contributed by atoms with Crippen molar-refractivity contribution in [3.05, 3.63) is 40.1 Å². The first kappa shape index (κ1) is 10.6. The number of aromatic nitrogens is 1. The number of rotatable bonds is 3. The summed E-state index contributed by atoms with van der Waals surface area (Å²) in [6, 6.07) is 4.84. The van der Waals surface area contributed by atoms with Crippen molar-refractivity contribution in [2.75, 3.05) is 0 Å². The van der Waals surface area contributed by atoms with E-state index in [4.69, 9.17) is 5.73 Å². The standard InChI is InChI=1S/C11H13N3O2/c1-7(12)4-8-6-13-11-3-2-9(14(15)16)5-10(8)11/h2-3,5-7,13H,4,12H2,1H3/t7-/m1/s1. The van der Waals surface area contributed by atoms with Gasteiger partial charge < -0.3 is 10.7 Å². The highest BCUT2D eigenvalue weighted by molar-refractivity contribution is 5.85. The molecule has 5 nitrogen and oxygen atoms in total. The van der Waals surface area contributed by atoms with Gasteiger partial charge in [0.15, 0.2) is 0 Å². The number of nitro benzene ring substituents is 1. The Hall–Kier alpha value is -1.88. The van der Waals surface area contributed by atoms with Gasteiger partial charge in [0.2, 0.25) is 0 Å². The number of nitrogens with one attached hydrogen (secondary N) is 1. The lowest BCUT2D eigenvalue weighted by molar-refractivity contribution is -0.384. The predicted octanol–water partition coefficient (Wildman–Crippen LogP) is 1.97. The molecule has 16 heavy (non-hydrogen) atoms. The van der Waals surface area contributed by atoms with Crippen LogP contribution in [0, 0.1) is 10.1 Å². The number of non-ortho nitro benzene ring substituents is 1. The van der Waals surface area contributed by atoms with Crippen molar-refractivity contribution >= 4 is 16.6 Å². The van der Waals surface area contributed by atoms with Crippen LogP contribution in [0.15, 0.2) is 24.4 Å². The number of aromatic amines is 1. The molecule has 0 fully saturated rings. The van der Waals surface area contributed by atoms with Gasteiger partial charge in [0.05, 0.1) is 4.92 Å². The molecule has 2 aromatic rings. The number of hydrogen-bond acceptors (Lipinski definition) is 3. The number of nitrogens with zero attached hydrogens (tertiary/aromatic N) is 1. The number of H-pyrrole nitrogens is 1. The van der Waals surface area contributed by atoms with Crippen molar-refractivity contribution < 1.29 is 4.92 Å². The van der Waals surface area contributed by atoms with Crippen molar-refractivity contribution in [1.82, 2.24) is 4.98 Å². The Kier molecular flexibility index (Phi) is 2.62. The van der Waals surface area contributed by atoms with Crippen LogP contribution in [0.3, 0.4) is 0 Å². The van der Waals surface area contributed by atoms with Gasteiger partial charge in [-0.15, -0.1) is 0 Å². The van der Waals surface area contributed by atoms with E-state index >= 15 is 0 Å². The minimum Gasteiger partial charge on any atom is -0.361 e. The fourth-order valence-electron chi connectivity index (χ4n) is 1.80. The van der Waals surface area contributed by atoms with Crippen LogP contribution in [-0.2, 0) is 6.42 Å². The normalized spacial score (nSPS) is 12.9. The van der Waals surface area contributed by atoms with E-state index < -0.39 is 0 Å². The summed E-state index contributed by atoms with van der Waals surface area (Å²) in [4.78, 5) is 13.4. The van der Waals surface area contributed by atoms with E-state index in [0.29, 0.717) is 6.42 Å². The summed E-state index contributed by atoms with van der Waals surface area (Å²) in [5.74, 6) is 0. The molecule has 5 heteroatoms. The van der Waals surface area contributed by atoms with E-state index in [-0.39, 0.29) is 16.7 Å². The second-order valence-electron chi connectivity index (χ2n) is 3.98. The summed E-state index contributed by atoms with van der Waals surface area (Å²) in [6.45, 7) is 1.91. The van der Waals surface area contributed by atoms with Crippen LogP contribution in [0.1, 0.15) is 12.5 Å². The van der Waals surface area contributed by atoms with Gasteiger partial charge in [-0.3, -0.25) is 10.1 Å². The first-order valence-electron chi connectivity index (χ1n) is 5.08. The molecule has 0 saturated carbocycles. The SMILES string of the molecule is C[C@@H](N)Cc1c[nH]c2ccc([N+](=O)[O-])cc12. The number of nitrogens with two attached hydrogens (primary N) is 1. The molecule has 2 rings (SSSR count). The molecule has 0 saturated heterocycles. The zero-order valence-electron chi connectivity index (χ0n) is 8.93. The smallest absolute Gasteiger partial charge is 0.270 e. The first-order valence-corrected chi connectivity index (χ1v) is 5.08. The number of hydrogen-bond donors (Lipinski definition) is 2. The molecule has 0 aliphatic carbocycles. The molecule has 84 valence electrons. The van der Waals surface area contributed by atoms with Crippen molar-refractivity contribution in [1.29, 1.82) is 0 Å². The summed E-state index contributed by atoms with van der Waals surface area (Å²) in [7, 11) is 0. The molecule has 0 amide bonds. The topological polar surface area (TPSA) is 85.0 Å². The van der Waals surface area contributed by atoms with E-state index in [1.807, 2.05) is 13.1 Å². The van der Waals surface area contributed by atoms with Gasteiger partial charge >= 0.3 is 0 Å². The summed E-state index contributed by atoms with van der Waals surface area (Å²) in [5, 5.41) is 11.6.